The predicted molar refractivity (Wildman–Crippen MR) is 128 cm³/mol. The van der Waals surface area contributed by atoms with E-state index in [0.717, 1.165) is 6.42 Å². The lowest BCUT2D eigenvalue weighted by molar-refractivity contribution is -0.140. The van der Waals surface area contributed by atoms with Crippen LogP contribution in [-0.2, 0) is 9.59 Å². The molecule has 1 aliphatic heterocycles. The van der Waals surface area contributed by atoms with Gasteiger partial charge < -0.3 is 4.74 Å². The highest BCUT2D eigenvalue weighted by Crippen LogP contribution is 2.65. The van der Waals surface area contributed by atoms with Crippen LogP contribution in [-0.4, -0.2) is 36.4 Å². The molecule has 4 aliphatic carbocycles. The Kier molecular flexibility index (Phi) is 5.01. The van der Waals surface area contributed by atoms with Gasteiger partial charge in [-0.3, -0.25) is 24.2 Å². The largest absolute Gasteiger partial charge is 0.495 e. The summed E-state index contributed by atoms with van der Waals surface area (Å²) in [5, 5.41) is 0.575. The number of imide groups is 1. The average Bonchev–Trinajstić information content (AvgIpc) is 3.64. The first kappa shape index (κ1) is 21.7. The SMILES string of the molecule is COc1ccccc1N(CN1C(=O)[C@@H]2[C@H]3C=C[C@@H]([C@@H]4C[C@@H]34)[C@@H]2C1=O)C(=O)c1ccc(Cl)c(Cl)c1. The molecule has 5 aliphatic rings. The zero-order valence-corrected chi connectivity index (χ0v) is 19.9. The normalized spacial score (nSPS) is 30.3. The van der Waals surface area contributed by atoms with Crippen molar-refractivity contribution in [1.82, 2.24) is 4.90 Å². The summed E-state index contributed by atoms with van der Waals surface area (Å²) < 4.78 is 5.49. The molecule has 1 saturated heterocycles. The summed E-state index contributed by atoms with van der Waals surface area (Å²) in [5.74, 6) is 0.253. The first-order valence-corrected chi connectivity index (χ1v) is 12.1. The Morgan fingerprint density at radius 1 is 1.00 bits per heavy atom. The molecule has 2 aromatic carbocycles. The molecule has 3 fully saturated rings. The first-order valence-electron chi connectivity index (χ1n) is 11.3. The summed E-state index contributed by atoms with van der Waals surface area (Å²) in [4.78, 5) is 43.5. The van der Waals surface area contributed by atoms with E-state index in [4.69, 9.17) is 27.9 Å². The fraction of sp³-hybridized carbons (Fsp3) is 0.346. The van der Waals surface area contributed by atoms with E-state index in [-0.39, 0.29) is 47.2 Å². The monoisotopic (exact) mass is 496 g/mol. The average molecular weight is 497 g/mol. The molecule has 2 bridgehead atoms. The second-order valence-electron chi connectivity index (χ2n) is 9.43. The molecular weight excluding hydrogens is 475 g/mol. The Bertz CT molecular complexity index is 1230. The maximum atomic E-state index is 13.7. The molecule has 2 aromatic rings. The summed E-state index contributed by atoms with van der Waals surface area (Å²) in [6, 6.07) is 11.6. The van der Waals surface area contributed by atoms with Gasteiger partial charge in [-0.25, -0.2) is 0 Å². The zero-order chi connectivity index (χ0) is 23.7. The third-order valence-corrected chi connectivity index (χ3v) is 8.56. The fourth-order valence-electron chi connectivity index (χ4n) is 6.19. The lowest BCUT2D eigenvalue weighted by Crippen LogP contribution is -2.45. The van der Waals surface area contributed by atoms with Crippen LogP contribution in [0.25, 0.3) is 0 Å². The van der Waals surface area contributed by atoms with Gasteiger partial charge in [0.1, 0.15) is 12.4 Å². The number of rotatable bonds is 5. The molecule has 8 heteroatoms. The van der Waals surface area contributed by atoms with Gasteiger partial charge in [0.2, 0.25) is 11.8 Å². The van der Waals surface area contributed by atoms with Gasteiger partial charge in [0.25, 0.3) is 5.91 Å². The van der Waals surface area contributed by atoms with Crippen molar-refractivity contribution in [2.75, 3.05) is 18.7 Å². The second kappa shape index (κ2) is 7.85. The third kappa shape index (κ3) is 3.12. The van der Waals surface area contributed by atoms with Gasteiger partial charge in [0.15, 0.2) is 0 Å². The standard InChI is InChI=1S/C26H22Cl2N2O4/c1-34-21-5-3-2-4-20(21)29(24(31)13-6-9-18(27)19(28)10-13)12-30-25(32)22-14-7-8-15(17-11-16(14)17)23(22)26(30)33/h2-10,14-17,22-23H,11-12H2,1H3/t14-,15-,16-,17-,22-,23+/m0/s1. The van der Waals surface area contributed by atoms with Crippen LogP contribution in [0.5, 0.6) is 5.75 Å². The zero-order valence-electron chi connectivity index (χ0n) is 18.4. The van der Waals surface area contributed by atoms with Crippen LogP contribution < -0.4 is 9.64 Å². The van der Waals surface area contributed by atoms with Gasteiger partial charge in [-0.2, -0.15) is 0 Å². The molecule has 6 nitrogen and oxygen atoms in total. The lowest BCUT2D eigenvalue weighted by Gasteiger charge is -2.37. The number of ether oxygens (including phenoxy) is 1. The topological polar surface area (TPSA) is 66.9 Å². The number of allylic oxidation sites excluding steroid dienone is 2. The number of methoxy groups -OCH3 is 1. The van der Waals surface area contributed by atoms with Crippen LogP contribution in [0.1, 0.15) is 16.8 Å². The minimum Gasteiger partial charge on any atom is -0.495 e. The number of nitrogens with zero attached hydrogens (tertiary/aromatic N) is 2. The molecule has 6 atom stereocenters. The molecule has 34 heavy (non-hydrogen) atoms. The molecule has 0 N–H and O–H groups in total. The first-order chi connectivity index (χ1) is 16.4. The van der Waals surface area contributed by atoms with E-state index < -0.39 is 5.91 Å². The van der Waals surface area contributed by atoms with Gasteiger partial charge in [0, 0.05) is 5.56 Å². The van der Waals surface area contributed by atoms with Crippen molar-refractivity contribution in [3.8, 4) is 5.75 Å². The van der Waals surface area contributed by atoms with Gasteiger partial charge >= 0.3 is 0 Å². The minimum absolute atomic E-state index is 0.118. The maximum Gasteiger partial charge on any atom is 0.259 e. The number of likely N-dealkylation sites (tertiary alicyclic amines) is 1. The number of anilines is 1. The van der Waals surface area contributed by atoms with Crippen molar-refractivity contribution in [2.24, 2.45) is 35.5 Å². The van der Waals surface area contributed by atoms with Gasteiger partial charge in [-0.15, -0.1) is 0 Å². The number of carbonyl (C=O) groups excluding carboxylic acids is 3. The molecule has 0 spiro atoms. The van der Waals surface area contributed by atoms with Crippen LogP contribution in [0.2, 0.25) is 10.0 Å². The van der Waals surface area contributed by atoms with Crippen molar-refractivity contribution < 1.29 is 19.1 Å². The van der Waals surface area contributed by atoms with E-state index in [1.807, 2.05) is 0 Å². The smallest absolute Gasteiger partial charge is 0.259 e. The third-order valence-electron chi connectivity index (χ3n) is 7.82. The predicted octanol–water partition coefficient (Wildman–Crippen LogP) is 4.66. The summed E-state index contributed by atoms with van der Waals surface area (Å²) in [6.07, 6.45) is 5.36. The molecule has 0 radical (unpaired) electrons. The van der Waals surface area contributed by atoms with Gasteiger partial charge in [-0.1, -0.05) is 47.5 Å². The summed E-state index contributed by atoms with van der Waals surface area (Å²) in [5.41, 5.74) is 0.750. The number of hydrogen-bond acceptors (Lipinski definition) is 4. The molecule has 1 heterocycles. The van der Waals surface area contributed by atoms with Crippen molar-refractivity contribution >= 4 is 46.6 Å². The van der Waals surface area contributed by atoms with Gasteiger partial charge in [-0.05, 0) is 60.4 Å². The molecule has 3 amide bonds. The Labute approximate surface area is 207 Å². The quantitative estimate of drug-likeness (QED) is 0.445. The van der Waals surface area contributed by atoms with E-state index >= 15 is 0 Å². The number of para-hydroxylation sites is 2. The van der Waals surface area contributed by atoms with Crippen LogP contribution >= 0.6 is 23.2 Å². The van der Waals surface area contributed by atoms with E-state index in [1.54, 1.807) is 36.4 Å². The Balaban J connectivity index is 1.37. The van der Waals surface area contributed by atoms with Crippen LogP contribution in [0.3, 0.4) is 0 Å². The van der Waals surface area contributed by atoms with Crippen LogP contribution in [0.4, 0.5) is 5.69 Å². The summed E-state index contributed by atoms with van der Waals surface area (Å²) in [7, 11) is 1.51. The van der Waals surface area contributed by atoms with Crippen molar-refractivity contribution in [2.45, 2.75) is 6.42 Å². The van der Waals surface area contributed by atoms with E-state index in [2.05, 4.69) is 12.2 Å². The molecule has 0 unspecified atom stereocenters. The number of amides is 3. The van der Waals surface area contributed by atoms with E-state index in [0.29, 0.717) is 33.9 Å². The number of benzene rings is 2. The van der Waals surface area contributed by atoms with Gasteiger partial charge in [0.05, 0.1) is 34.7 Å². The lowest BCUT2D eigenvalue weighted by atomic mass is 9.63. The number of carbonyl (C=O) groups is 3. The highest BCUT2D eigenvalue weighted by molar-refractivity contribution is 6.42. The second-order valence-corrected chi connectivity index (χ2v) is 10.2. The number of hydrogen-bond donors (Lipinski definition) is 0. The highest BCUT2D eigenvalue weighted by Gasteiger charge is 2.67. The number of halogens is 2. The molecule has 0 aromatic heterocycles. The molecule has 2 saturated carbocycles. The summed E-state index contributed by atoms with van der Waals surface area (Å²) >= 11 is 12.2. The Morgan fingerprint density at radius 2 is 1.65 bits per heavy atom. The minimum atomic E-state index is -0.414. The van der Waals surface area contributed by atoms with Crippen molar-refractivity contribution in [3.05, 3.63) is 70.2 Å². The Hall–Kier alpha value is -2.83. The van der Waals surface area contributed by atoms with Crippen LogP contribution in [0, 0.1) is 35.5 Å². The summed E-state index contributed by atoms with van der Waals surface area (Å²) in [6.45, 7) is -0.196. The van der Waals surface area contributed by atoms with Crippen LogP contribution in [0.15, 0.2) is 54.6 Å². The molecular formula is C26H22Cl2N2O4. The van der Waals surface area contributed by atoms with E-state index in [9.17, 15) is 14.4 Å². The maximum absolute atomic E-state index is 13.7. The Morgan fingerprint density at radius 3 is 2.26 bits per heavy atom. The molecule has 7 rings (SSSR count). The fourth-order valence-corrected chi connectivity index (χ4v) is 6.49. The molecule has 174 valence electrons. The highest BCUT2D eigenvalue weighted by atomic mass is 35.5. The van der Waals surface area contributed by atoms with E-state index in [1.165, 1.54) is 23.0 Å². The van der Waals surface area contributed by atoms with Crippen molar-refractivity contribution in [3.63, 3.8) is 0 Å². The van der Waals surface area contributed by atoms with Crippen molar-refractivity contribution in [1.29, 1.82) is 0 Å².